The van der Waals surface area contributed by atoms with Crippen LogP contribution in [0.3, 0.4) is 0 Å². The van der Waals surface area contributed by atoms with Gasteiger partial charge in [-0.25, -0.2) is 0 Å². The van der Waals surface area contributed by atoms with Gasteiger partial charge in [0.25, 0.3) is 11.8 Å². The number of nitrogens with zero attached hydrogens (tertiary/aromatic N) is 2. The maximum Gasteiger partial charge on any atom is 0.312 e. The molecule has 7 nitrogen and oxygen atoms in total. The average Bonchev–Trinajstić information content (AvgIpc) is 2.59. The molecule has 1 fully saturated rings. The first-order valence-corrected chi connectivity index (χ1v) is 8.99. The Morgan fingerprint density at radius 3 is 2.56 bits per heavy atom. The number of rotatable bonds is 4. The lowest BCUT2D eigenvalue weighted by molar-refractivity contribution is -0.168. The number of carbonyl (C=O) groups is 3. The summed E-state index contributed by atoms with van der Waals surface area (Å²) in [6.45, 7) is 7.62. The average molecular weight is 376 g/mol. The lowest BCUT2D eigenvalue weighted by Crippen LogP contribution is -2.52. The van der Waals surface area contributed by atoms with Crippen LogP contribution in [0.5, 0.6) is 0 Å². The summed E-state index contributed by atoms with van der Waals surface area (Å²) in [4.78, 5) is 40.5. The molecule has 7 heteroatoms. The number of benzene rings is 1. The summed E-state index contributed by atoms with van der Waals surface area (Å²) in [6.07, 6.45) is -0.915. The zero-order valence-corrected chi connectivity index (χ0v) is 16.8. The largest absolute Gasteiger partial charge is 0.460 e. The second-order valence-electron chi connectivity index (χ2n) is 7.85. The van der Waals surface area contributed by atoms with E-state index in [9.17, 15) is 14.4 Å². The van der Waals surface area contributed by atoms with Crippen molar-refractivity contribution in [1.82, 2.24) is 4.90 Å². The number of morpholine rings is 1. The van der Waals surface area contributed by atoms with Crippen LogP contribution < -0.4 is 4.90 Å². The maximum absolute atomic E-state index is 13.0. The number of ether oxygens (including phenoxy) is 2. The number of amides is 2. The third-order valence-electron chi connectivity index (χ3n) is 4.17. The Bertz CT molecular complexity index is 723. The Morgan fingerprint density at radius 1 is 1.30 bits per heavy atom. The quantitative estimate of drug-likeness (QED) is 0.752. The molecule has 0 aliphatic carbocycles. The molecule has 0 saturated carbocycles. The van der Waals surface area contributed by atoms with E-state index in [4.69, 9.17) is 9.47 Å². The molecule has 27 heavy (non-hydrogen) atoms. The van der Waals surface area contributed by atoms with Gasteiger partial charge in [0.1, 0.15) is 11.7 Å². The minimum Gasteiger partial charge on any atom is -0.460 e. The molecule has 0 spiro atoms. The van der Waals surface area contributed by atoms with E-state index in [1.807, 2.05) is 0 Å². The Morgan fingerprint density at radius 2 is 1.96 bits per heavy atom. The number of carbonyl (C=O) groups excluding carboxylic acids is 3. The first-order chi connectivity index (χ1) is 12.5. The standard InChI is InChI=1S/C20H28N2O5/c1-13(19(25)27-20(2,3)4)16-18(24)22(10-11-26-16)15-9-7-8-14(12-15)17(23)21(5)6/h7-9,12-13,16H,10-11H2,1-6H3. The van der Waals surface area contributed by atoms with Crippen LogP contribution in [0.4, 0.5) is 5.69 Å². The Kier molecular flexibility index (Phi) is 6.26. The second-order valence-corrected chi connectivity index (χ2v) is 7.85. The number of hydrogen-bond donors (Lipinski definition) is 0. The van der Waals surface area contributed by atoms with Crippen molar-refractivity contribution in [2.24, 2.45) is 5.92 Å². The van der Waals surface area contributed by atoms with Gasteiger partial charge in [0.15, 0.2) is 0 Å². The molecule has 1 aliphatic rings. The second kappa shape index (κ2) is 8.08. The van der Waals surface area contributed by atoms with Crippen LogP contribution >= 0.6 is 0 Å². The van der Waals surface area contributed by atoms with Crippen LogP contribution in [0, 0.1) is 5.92 Å². The topological polar surface area (TPSA) is 76.2 Å². The summed E-state index contributed by atoms with van der Waals surface area (Å²) in [5, 5.41) is 0. The summed E-state index contributed by atoms with van der Waals surface area (Å²) in [5.74, 6) is -1.66. The Hall–Kier alpha value is -2.41. The highest BCUT2D eigenvalue weighted by Crippen LogP contribution is 2.25. The summed E-state index contributed by atoms with van der Waals surface area (Å²) < 4.78 is 11.0. The van der Waals surface area contributed by atoms with Gasteiger partial charge in [0.2, 0.25) is 0 Å². The molecular formula is C20H28N2O5. The van der Waals surface area contributed by atoms with Gasteiger partial charge in [-0.2, -0.15) is 0 Å². The van der Waals surface area contributed by atoms with E-state index < -0.39 is 23.6 Å². The number of anilines is 1. The van der Waals surface area contributed by atoms with Crippen molar-refractivity contribution in [2.75, 3.05) is 32.1 Å². The third kappa shape index (κ3) is 5.07. The van der Waals surface area contributed by atoms with Crippen molar-refractivity contribution in [3.05, 3.63) is 29.8 Å². The fraction of sp³-hybridized carbons (Fsp3) is 0.550. The van der Waals surface area contributed by atoms with Crippen LogP contribution in [-0.2, 0) is 19.1 Å². The lowest BCUT2D eigenvalue weighted by Gasteiger charge is -2.35. The van der Waals surface area contributed by atoms with Gasteiger partial charge in [0.05, 0.1) is 12.5 Å². The fourth-order valence-electron chi connectivity index (χ4n) is 2.80. The molecule has 0 aromatic heterocycles. The molecule has 148 valence electrons. The summed E-state index contributed by atoms with van der Waals surface area (Å²) >= 11 is 0. The summed E-state index contributed by atoms with van der Waals surface area (Å²) in [7, 11) is 3.35. The van der Waals surface area contributed by atoms with E-state index in [2.05, 4.69) is 0 Å². The molecular weight excluding hydrogens is 348 g/mol. The molecule has 1 aromatic carbocycles. The van der Waals surface area contributed by atoms with E-state index in [-0.39, 0.29) is 11.8 Å². The van der Waals surface area contributed by atoms with Gasteiger partial charge < -0.3 is 19.3 Å². The molecule has 1 heterocycles. The molecule has 1 saturated heterocycles. The minimum atomic E-state index is -0.915. The molecule has 1 aliphatic heterocycles. The van der Waals surface area contributed by atoms with Gasteiger partial charge in [-0.1, -0.05) is 6.07 Å². The van der Waals surface area contributed by atoms with E-state index in [0.717, 1.165) is 0 Å². The first-order valence-electron chi connectivity index (χ1n) is 8.99. The highest BCUT2D eigenvalue weighted by atomic mass is 16.6. The zero-order valence-electron chi connectivity index (χ0n) is 16.8. The monoisotopic (exact) mass is 376 g/mol. The number of esters is 1. The molecule has 0 N–H and O–H groups in total. The van der Waals surface area contributed by atoms with Crippen molar-refractivity contribution in [1.29, 1.82) is 0 Å². The molecule has 2 amide bonds. The highest BCUT2D eigenvalue weighted by Gasteiger charge is 2.39. The third-order valence-corrected chi connectivity index (χ3v) is 4.17. The van der Waals surface area contributed by atoms with Crippen molar-refractivity contribution in [3.63, 3.8) is 0 Å². The minimum absolute atomic E-state index is 0.142. The van der Waals surface area contributed by atoms with Crippen molar-refractivity contribution < 1.29 is 23.9 Å². The first kappa shape index (κ1) is 20.9. The van der Waals surface area contributed by atoms with E-state index in [0.29, 0.717) is 24.4 Å². The fourth-order valence-corrected chi connectivity index (χ4v) is 2.80. The molecule has 1 aromatic rings. The predicted molar refractivity (Wildman–Crippen MR) is 102 cm³/mol. The lowest BCUT2D eigenvalue weighted by atomic mass is 10.0. The molecule has 0 bridgehead atoms. The predicted octanol–water partition coefficient (Wildman–Crippen LogP) is 2.10. The van der Waals surface area contributed by atoms with Gasteiger partial charge in [0, 0.05) is 31.9 Å². The Labute approximate surface area is 160 Å². The Balaban J connectivity index is 2.21. The molecule has 2 unspecified atom stereocenters. The maximum atomic E-state index is 13.0. The van der Waals surface area contributed by atoms with Gasteiger partial charge >= 0.3 is 5.97 Å². The van der Waals surface area contributed by atoms with E-state index >= 15 is 0 Å². The van der Waals surface area contributed by atoms with Crippen LogP contribution in [0.1, 0.15) is 38.1 Å². The highest BCUT2D eigenvalue weighted by molar-refractivity contribution is 6.01. The SMILES string of the molecule is CC(C(=O)OC(C)(C)C)C1OCCN(c2cccc(C(=O)N(C)C)c2)C1=O. The van der Waals surface area contributed by atoms with Gasteiger partial charge in [-0.15, -0.1) is 0 Å². The van der Waals surface area contributed by atoms with Crippen molar-refractivity contribution in [2.45, 2.75) is 39.4 Å². The van der Waals surface area contributed by atoms with Crippen LogP contribution in [-0.4, -0.2) is 61.6 Å². The number of hydrogen-bond acceptors (Lipinski definition) is 5. The van der Waals surface area contributed by atoms with Crippen molar-refractivity contribution in [3.8, 4) is 0 Å². The van der Waals surface area contributed by atoms with Crippen LogP contribution in [0.2, 0.25) is 0 Å². The zero-order chi connectivity index (χ0) is 20.4. The molecule has 2 atom stereocenters. The summed E-state index contributed by atoms with van der Waals surface area (Å²) in [6, 6.07) is 6.89. The van der Waals surface area contributed by atoms with Gasteiger partial charge in [-0.3, -0.25) is 14.4 Å². The normalized spacial score (nSPS) is 18.8. The van der Waals surface area contributed by atoms with Crippen molar-refractivity contribution >= 4 is 23.5 Å². The van der Waals surface area contributed by atoms with E-state index in [1.165, 1.54) is 4.90 Å². The smallest absolute Gasteiger partial charge is 0.312 e. The van der Waals surface area contributed by atoms with E-state index in [1.54, 1.807) is 71.0 Å². The van der Waals surface area contributed by atoms with Gasteiger partial charge in [-0.05, 0) is 45.9 Å². The molecule has 0 radical (unpaired) electrons. The molecule has 2 rings (SSSR count). The summed E-state index contributed by atoms with van der Waals surface area (Å²) in [5.41, 5.74) is 0.467. The van der Waals surface area contributed by atoms with Crippen LogP contribution in [0.15, 0.2) is 24.3 Å². The van der Waals surface area contributed by atoms with Crippen LogP contribution in [0.25, 0.3) is 0 Å².